The van der Waals surface area contributed by atoms with Crippen LogP contribution in [0.4, 0.5) is 83.4 Å². The second kappa shape index (κ2) is 9.02. The highest BCUT2D eigenvalue weighted by molar-refractivity contribution is 5.87. The molecule has 0 aromatic heterocycles. The number of halogens is 19. The van der Waals surface area contributed by atoms with Crippen molar-refractivity contribution >= 4 is 5.97 Å². The number of hydrogen-bond donors (Lipinski definition) is 0. The van der Waals surface area contributed by atoms with Crippen LogP contribution in [0.15, 0.2) is 12.2 Å². The Kier molecular flexibility index (Phi) is 8.49. The lowest BCUT2D eigenvalue weighted by Gasteiger charge is -2.45. The molecule has 0 aromatic rings. The minimum Gasteiger partial charge on any atom is -0.463 e. The first-order chi connectivity index (χ1) is 15.4. The molecule has 0 bridgehead atoms. The average Bonchev–Trinajstić information content (AvgIpc) is 2.64. The van der Waals surface area contributed by atoms with Gasteiger partial charge in [-0.25, -0.2) is 9.18 Å². The van der Waals surface area contributed by atoms with Crippen molar-refractivity contribution in [3.63, 3.8) is 0 Å². The van der Waals surface area contributed by atoms with Gasteiger partial charge in [-0.05, 0) is 6.92 Å². The first-order valence-corrected chi connectivity index (χ1v) is 8.31. The Bertz CT molecular complexity index is 821. The Hall–Kier alpha value is -2.12. The van der Waals surface area contributed by atoms with Gasteiger partial charge < -0.3 is 4.74 Å². The molecule has 0 unspecified atom stereocenters. The summed E-state index contributed by atoms with van der Waals surface area (Å²) in [5.41, 5.74) is -10.7. The Morgan fingerprint density at radius 2 is 0.889 bits per heavy atom. The van der Waals surface area contributed by atoms with E-state index in [9.17, 15) is 88.2 Å². The third-order valence-electron chi connectivity index (χ3n) is 4.25. The van der Waals surface area contributed by atoms with E-state index in [0.29, 0.717) is 0 Å². The number of ether oxygens (including phenoxy) is 1. The van der Waals surface area contributed by atoms with E-state index in [1.807, 2.05) is 0 Å². The monoisotopic (exact) mass is 582 g/mol. The zero-order valence-corrected chi connectivity index (χ0v) is 16.6. The third-order valence-corrected chi connectivity index (χ3v) is 4.25. The van der Waals surface area contributed by atoms with Crippen molar-refractivity contribution in [2.75, 3.05) is 6.61 Å². The minimum absolute atomic E-state index is 0.723. The van der Waals surface area contributed by atoms with Crippen molar-refractivity contribution in [2.45, 2.75) is 66.9 Å². The van der Waals surface area contributed by atoms with Crippen LogP contribution in [0.3, 0.4) is 0 Å². The quantitative estimate of drug-likeness (QED) is 0.156. The zero-order valence-electron chi connectivity index (χ0n) is 16.6. The van der Waals surface area contributed by atoms with Crippen molar-refractivity contribution in [3.05, 3.63) is 12.2 Å². The summed E-state index contributed by atoms with van der Waals surface area (Å²) in [5, 5.41) is 0. The molecular formula is C15H9F19O2. The van der Waals surface area contributed by atoms with Crippen molar-refractivity contribution in [2.24, 2.45) is 0 Å². The van der Waals surface area contributed by atoms with Gasteiger partial charge in [0.2, 0.25) is 0 Å². The summed E-state index contributed by atoms with van der Waals surface area (Å²) >= 11 is 0. The number of carbonyl (C=O) groups is 1. The smallest absolute Gasteiger partial charge is 0.438 e. The van der Waals surface area contributed by atoms with Gasteiger partial charge in [0.05, 0.1) is 6.61 Å². The van der Waals surface area contributed by atoms with E-state index in [4.69, 9.17) is 0 Å². The van der Waals surface area contributed by atoms with Crippen molar-refractivity contribution in [1.82, 2.24) is 0 Å². The van der Waals surface area contributed by atoms with Crippen LogP contribution in [0.1, 0.15) is 13.3 Å². The van der Waals surface area contributed by atoms with E-state index in [-0.39, 0.29) is 0 Å². The molecule has 0 aliphatic heterocycles. The standard InChI is InChI=1S/C15H9F19O2/c1-3-36-6(35)5(2)4-7(16,17)9(19,20)11(23,24)13(27,28)12(25,26)10(21,22)8(18,14(29,30)31)15(32,33)34/h2-4H2,1H3. The van der Waals surface area contributed by atoms with Gasteiger partial charge in [-0.3, -0.25) is 0 Å². The first kappa shape index (κ1) is 33.9. The van der Waals surface area contributed by atoms with Crippen LogP contribution < -0.4 is 0 Å². The maximum Gasteiger partial charge on any atom is 0.438 e. The molecule has 36 heavy (non-hydrogen) atoms. The molecule has 0 spiro atoms. The molecule has 0 atom stereocenters. The van der Waals surface area contributed by atoms with Gasteiger partial charge in [0.1, 0.15) is 0 Å². The van der Waals surface area contributed by atoms with Crippen LogP contribution in [0.5, 0.6) is 0 Å². The van der Waals surface area contributed by atoms with Crippen LogP contribution in [0.2, 0.25) is 0 Å². The predicted octanol–water partition coefficient (Wildman–Crippen LogP) is 7.14. The summed E-state index contributed by atoms with van der Waals surface area (Å²) in [7, 11) is 0. The highest BCUT2D eigenvalue weighted by atomic mass is 19.4. The van der Waals surface area contributed by atoms with Crippen molar-refractivity contribution in [3.8, 4) is 0 Å². The van der Waals surface area contributed by atoms with Gasteiger partial charge in [-0.2, -0.15) is 79.0 Å². The number of rotatable bonds is 10. The average molecular weight is 582 g/mol. The number of carbonyl (C=O) groups excluding carboxylic acids is 1. The van der Waals surface area contributed by atoms with E-state index >= 15 is 0 Å². The molecule has 0 N–H and O–H groups in total. The van der Waals surface area contributed by atoms with E-state index in [1.54, 1.807) is 0 Å². The van der Waals surface area contributed by atoms with Crippen molar-refractivity contribution < 1.29 is 92.9 Å². The van der Waals surface area contributed by atoms with Gasteiger partial charge in [0.15, 0.2) is 0 Å². The normalized spacial score (nSPS) is 15.7. The van der Waals surface area contributed by atoms with E-state index in [1.165, 1.54) is 0 Å². The molecule has 2 nitrogen and oxygen atoms in total. The first-order valence-electron chi connectivity index (χ1n) is 8.31. The minimum atomic E-state index is -9.08. The summed E-state index contributed by atoms with van der Waals surface area (Å²) in [6.45, 7) is 2.53. The Morgan fingerprint density at radius 3 is 1.19 bits per heavy atom. The fourth-order valence-corrected chi connectivity index (χ4v) is 2.24. The van der Waals surface area contributed by atoms with E-state index in [2.05, 4.69) is 11.3 Å². The second-order valence-corrected chi connectivity index (χ2v) is 6.73. The lowest BCUT2D eigenvalue weighted by molar-refractivity contribution is -0.472. The van der Waals surface area contributed by atoms with Crippen LogP contribution >= 0.6 is 0 Å². The van der Waals surface area contributed by atoms with Crippen LogP contribution in [-0.4, -0.2) is 66.1 Å². The summed E-state index contributed by atoms with van der Waals surface area (Å²) in [4.78, 5) is 11.1. The number of hydrogen-bond acceptors (Lipinski definition) is 2. The molecule has 0 fully saturated rings. The molecule has 0 rings (SSSR count). The Morgan fingerprint density at radius 1 is 0.583 bits per heavy atom. The van der Waals surface area contributed by atoms with Gasteiger partial charge in [0.25, 0.3) is 0 Å². The van der Waals surface area contributed by atoms with E-state index in [0.717, 1.165) is 6.92 Å². The summed E-state index contributed by atoms with van der Waals surface area (Å²) < 4.78 is 255. The topological polar surface area (TPSA) is 26.3 Å². The highest BCUT2D eigenvalue weighted by Gasteiger charge is 2.98. The molecule has 0 saturated carbocycles. The molecule has 0 aliphatic carbocycles. The summed E-state index contributed by atoms with van der Waals surface area (Å²) in [6, 6.07) is 0. The van der Waals surface area contributed by atoms with Crippen molar-refractivity contribution in [1.29, 1.82) is 0 Å². The summed E-state index contributed by atoms with van der Waals surface area (Å²) in [6.07, 6.45) is -19.8. The summed E-state index contributed by atoms with van der Waals surface area (Å²) in [5.74, 6) is -52.7. The molecule has 0 amide bonds. The Labute approximate surface area is 186 Å². The fraction of sp³-hybridized carbons (Fsp3) is 0.800. The molecule has 214 valence electrons. The third kappa shape index (κ3) is 4.53. The highest BCUT2D eigenvalue weighted by Crippen LogP contribution is 2.66. The van der Waals surface area contributed by atoms with Crippen LogP contribution in [0.25, 0.3) is 0 Å². The molecule has 0 aliphatic rings. The molecule has 0 heterocycles. The second-order valence-electron chi connectivity index (χ2n) is 6.73. The van der Waals surface area contributed by atoms with Gasteiger partial charge in [-0.1, -0.05) is 6.58 Å². The molecular weight excluding hydrogens is 573 g/mol. The lowest BCUT2D eigenvalue weighted by atomic mass is 9.83. The largest absolute Gasteiger partial charge is 0.463 e. The maximum absolute atomic E-state index is 13.7. The SMILES string of the molecule is C=C(CC(F)(F)C(F)(F)C(F)(F)C(F)(F)C(F)(F)C(F)(F)C(F)(C(F)(F)F)C(F)(F)F)C(=O)OCC. The van der Waals surface area contributed by atoms with Gasteiger partial charge in [0, 0.05) is 12.0 Å². The molecule has 0 aromatic carbocycles. The maximum atomic E-state index is 13.7. The number of alkyl halides is 19. The molecule has 21 heteroatoms. The van der Waals surface area contributed by atoms with Crippen LogP contribution in [0, 0.1) is 0 Å². The fourth-order valence-electron chi connectivity index (χ4n) is 2.24. The Balaban J connectivity index is 6.94. The van der Waals surface area contributed by atoms with Gasteiger partial charge in [-0.15, -0.1) is 0 Å². The zero-order chi connectivity index (χ0) is 29.8. The van der Waals surface area contributed by atoms with Crippen LogP contribution in [-0.2, 0) is 9.53 Å². The predicted molar refractivity (Wildman–Crippen MR) is 76.0 cm³/mol. The molecule has 0 saturated heterocycles. The molecule has 0 radical (unpaired) electrons. The number of esters is 1. The van der Waals surface area contributed by atoms with Gasteiger partial charge >= 0.3 is 59.5 Å². The van der Waals surface area contributed by atoms with E-state index < -0.39 is 78.1 Å². The lowest BCUT2D eigenvalue weighted by Crippen LogP contribution is -2.77.